The third kappa shape index (κ3) is 16.7. The predicted octanol–water partition coefficient (Wildman–Crippen LogP) is 4.15. The van der Waals surface area contributed by atoms with Crippen molar-refractivity contribution in [1.29, 1.82) is 0 Å². The second-order valence-electron chi connectivity index (χ2n) is 8.39. The molecule has 0 unspecified atom stereocenters. The maximum absolute atomic E-state index is 3.61. The van der Waals surface area contributed by atoms with Gasteiger partial charge in [0.05, 0.1) is 0 Å². The summed E-state index contributed by atoms with van der Waals surface area (Å²) in [4.78, 5) is 5.21. The van der Waals surface area contributed by atoms with Gasteiger partial charge in [0.25, 0.3) is 0 Å². The first-order chi connectivity index (χ1) is 13.9. The summed E-state index contributed by atoms with van der Waals surface area (Å²) in [6.07, 6.45) is 6.57. The molecule has 0 amide bonds. The summed E-state index contributed by atoms with van der Waals surface area (Å²) in [7, 11) is 0. The fourth-order valence-electron chi connectivity index (χ4n) is 4.21. The van der Waals surface area contributed by atoms with Crippen LogP contribution in [-0.2, 0) is 13.1 Å². The number of hydrogen-bond donors (Lipinski definition) is 3. The zero-order valence-electron chi connectivity index (χ0n) is 19.8. The van der Waals surface area contributed by atoms with E-state index >= 15 is 0 Å². The molecule has 0 bridgehead atoms. The average molecular weight is 570 g/mol. The van der Waals surface area contributed by atoms with Crippen LogP contribution >= 0.6 is 62.0 Å². The van der Waals surface area contributed by atoms with Crippen molar-refractivity contribution in [3.05, 3.63) is 35.4 Å². The Hall–Kier alpha value is 0.470. The molecule has 0 aromatic heterocycles. The summed E-state index contributed by atoms with van der Waals surface area (Å²) in [6.45, 7) is 13.6. The van der Waals surface area contributed by atoms with Gasteiger partial charge in [-0.3, -0.25) is 9.80 Å². The number of nitrogens with zero attached hydrogens (tertiary/aromatic N) is 2. The molecule has 33 heavy (non-hydrogen) atoms. The zero-order valence-corrected chi connectivity index (χ0v) is 23.8. The molecule has 3 rings (SSSR count). The second-order valence-corrected chi connectivity index (χ2v) is 8.39. The third-order valence-electron chi connectivity index (χ3n) is 5.90. The molecule has 0 aliphatic carbocycles. The molecule has 3 N–H and O–H groups in total. The maximum Gasteiger partial charge on any atom is 0.0234 e. The Morgan fingerprint density at radius 3 is 1.42 bits per heavy atom. The van der Waals surface area contributed by atoms with E-state index in [1.54, 1.807) is 0 Å². The Labute approximate surface area is 233 Å². The quantitative estimate of drug-likeness (QED) is 0.509. The van der Waals surface area contributed by atoms with Gasteiger partial charge in [-0.25, -0.2) is 0 Å². The summed E-state index contributed by atoms with van der Waals surface area (Å²) in [5.74, 6) is 0. The minimum atomic E-state index is 0. The highest BCUT2D eigenvalue weighted by atomic mass is 35.5. The van der Waals surface area contributed by atoms with Crippen molar-refractivity contribution >= 4 is 62.0 Å². The topological polar surface area (TPSA) is 42.6 Å². The molecule has 1 aromatic rings. The highest BCUT2D eigenvalue weighted by molar-refractivity contribution is 5.86. The van der Waals surface area contributed by atoms with Gasteiger partial charge in [0, 0.05) is 39.3 Å². The highest BCUT2D eigenvalue weighted by Gasteiger charge is 2.11. The second kappa shape index (κ2) is 24.2. The van der Waals surface area contributed by atoms with Crippen LogP contribution in [0.25, 0.3) is 0 Å². The van der Waals surface area contributed by atoms with Crippen molar-refractivity contribution in [3.8, 4) is 0 Å². The molecule has 2 heterocycles. The molecule has 2 fully saturated rings. The number of hydrogen-bond acceptors (Lipinski definition) is 5. The van der Waals surface area contributed by atoms with Gasteiger partial charge in [0.1, 0.15) is 0 Å². The monoisotopic (exact) mass is 567 g/mol. The lowest BCUT2D eigenvalue weighted by Crippen LogP contribution is -2.36. The van der Waals surface area contributed by atoms with Gasteiger partial charge >= 0.3 is 0 Å². The molecule has 0 atom stereocenters. The molecule has 2 aliphatic rings. The molecule has 5 nitrogen and oxygen atoms in total. The molecule has 0 saturated carbocycles. The van der Waals surface area contributed by atoms with Crippen LogP contribution in [0.3, 0.4) is 0 Å². The number of nitrogens with one attached hydrogen (secondary N) is 3. The number of halogens is 5. The summed E-state index contributed by atoms with van der Waals surface area (Å²) >= 11 is 0. The molecule has 10 heteroatoms. The number of benzene rings is 1. The highest BCUT2D eigenvalue weighted by Crippen LogP contribution is 2.14. The first-order valence-corrected chi connectivity index (χ1v) is 11.5. The standard InChI is InChI=1S/C23H41N5.5ClH/c1-2-16-27(17-3-1)20-22-6-8-23(9-7-22)21-28-18-5-12-25-14-13-24-10-4-11-26-15-19-28;;;;;/h6-9,24-26H,1-5,10-21H2;5*1H. The largest absolute Gasteiger partial charge is 0.315 e. The summed E-state index contributed by atoms with van der Waals surface area (Å²) in [5, 5.41) is 10.7. The smallest absolute Gasteiger partial charge is 0.0234 e. The Bertz CT molecular complexity index is 518. The van der Waals surface area contributed by atoms with E-state index in [0.29, 0.717) is 0 Å². The molecular formula is C23H46Cl5N5. The molecule has 0 spiro atoms. The number of rotatable bonds is 4. The predicted molar refractivity (Wildman–Crippen MR) is 155 cm³/mol. The lowest BCUT2D eigenvalue weighted by atomic mass is 10.1. The molecule has 1 aromatic carbocycles. The van der Waals surface area contributed by atoms with Crippen molar-refractivity contribution in [1.82, 2.24) is 25.8 Å². The van der Waals surface area contributed by atoms with Crippen LogP contribution in [0, 0.1) is 0 Å². The van der Waals surface area contributed by atoms with Crippen molar-refractivity contribution in [3.63, 3.8) is 0 Å². The molecule has 0 radical (unpaired) electrons. The zero-order chi connectivity index (χ0) is 19.3. The van der Waals surface area contributed by atoms with Gasteiger partial charge < -0.3 is 16.0 Å². The van der Waals surface area contributed by atoms with Crippen LogP contribution in [0.15, 0.2) is 24.3 Å². The Morgan fingerprint density at radius 2 is 0.879 bits per heavy atom. The van der Waals surface area contributed by atoms with Crippen LogP contribution in [0.4, 0.5) is 0 Å². The Morgan fingerprint density at radius 1 is 0.455 bits per heavy atom. The van der Waals surface area contributed by atoms with Crippen molar-refractivity contribution in [2.75, 3.05) is 65.4 Å². The number of likely N-dealkylation sites (tertiary alicyclic amines) is 1. The van der Waals surface area contributed by atoms with Crippen LogP contribution in [0.1, 0.15) is 43.2 Å². The minimum absolute atomic E-state index is 0. The van der Waals surface area contributed by atoms with E-state index in [0.717, 1.165) is 65.4 Å². The fraction of sp³-hybridized carbons (Fsp3) is 0.739. The van der Waals surface area contributed by atoms with Crippen LogP contribution < -0.4 is 16.0 Å². The SMILES string of the molecule is Cl.Cl.Cl.Cl.Cl.c1cc(CN2CCCNCCNCCCNCC2)ccc1CN1CCCCC1. The lowest BCUT2D eigenvalue weighted by Gasteiger charge is -2.26. The van der Waals surface area contributed by atoms with Gasteiger partial charge in [0.2, 0.25) is 0 Å². The molecule has 2 saturated heterocycles. The molecule has 198 valence electrons. The van der Waals surface area contributed by atoms with Crippen molar-refractivity contribution in [2.45, 2.75) is 45.2 Å². The fourth-order valence-corrected chi connectivity index (χ4v) is 4.21. The van der Waals surface area contributed by atoms with Gasteiger partial charge in [-0.1, -0.05) is 30.7 Å². The minimum Gasteiger partial charge on any atom is -0.315 e. The van der Waals surface area contributed by atoms with Crippen molar-refractivity contribution < 1.29 is 0 Å². The summed E-state index contributed by atoms with van der Waals surface area (Å²) in [6, 6.07) is 9.39. The summed E-state index contributed by atoms with van der Waals surface area (Å²) < 4.78 is 0. The van der Waals surface area contributed by atoms with E-state index < -0.39 is 0 Å². The van der Waals surface area contributed by atoms with Crippen LogP contribution in [-0.4, -0.2) is 75.2 Å². The first-order valence-electron chi connectivity index (χ1n) is 11.5. The van der Waals surface area contributed by atoms with Gasteiger partial charge in [-0.05, 0) is 76.1 Å². The summed E-state index contributed by atoms with van der Waals surface area (Å²) in [5.41, 5.74) is 2.91. The van der Waals surface area contributed by atoms with Gasteiger partial charge in [-0.2, -0.15) is 0 Å². The lowest BCUT2D eigenvalue weighted by molar-refractivity contribution is 0.221. The normalized spacial score (nSPS) is 19.2. The Kier molecular flexibility index (Phi) is 27.8. The van der Waals surface area contributed by atoms with E-state index in [2.05, 4.69) is 50.0 Å². The van der Waals surface area contributed by atoms with E-state index in [-0.39, 0.29) is 62.0 Å². The van der Waals surface area contributed by atoms with Gasteiger partial charge in [-0.15, -0.1) is 62.0 Å². The van der Waals surface area contributed by atoms with E-state index in [9.17, 15) is 0 Å². The Balaban J connectivity index is -0.00000180. The molecular weight excluding hydrogens is 524 g/mol. The van der Waals surface area contributed by atoms with Crippen molar-refractivity contribution in [2.24, 2.45) is 0 Å². The average Bonchev–Trinajstić information content (AvgIpc) is 2.73. The van der Waals surface area contributed by atoms with E-state index in [1.165, 1.54) is 56.3 Å². The number of piperidine rings is 1. The maximum atomic E-state index is 3.61. The van der Waals surface area contributed by atoms with E-state index in [4.69, 9.17) is 0 Å². The third-order valence-corrected chi connectivity index (χ3v) is 5.90. The first kappa shape index (κ1) is 38.0. The molecule has 2 aliphatic heterocycles. The van der Waals surface area contributed by atoms with E-state index in [1.807, 2.05) is 0 Å². The van der Waals surface area contributed by atoms with Crippen LogP contribution in [0.5, 0.6) is 0 Å². The van der Waals surface area contributed by atoms with Crippen LogP contribution in [0.2, 0.25) is 0 Å². The van der Waals surface area contributed by atoms with Gasteiger partial charge in [0.15, 0.2) is 0 Å².